The normalized spacial score (nSPS) is 30.6. The van der Waals surface area contributed by atoms with Crippen LogP contribution in [0.15, 0.2) is 24.3 Å². The molecule has 3 rings (SSSR count). The molecule has 22 heavy (non-hydrogen) atoms. The van der Waals surface area contributed by atoms with E-state index in [4.69, 9.17) is 4.74 Å². The predicted octanol–water partition coefficient (Wildman–Crippen LogP) is 2.47. The number of benzene rings is 1. The zero-order valence-electron chi connectivity index (χ0n) is 13.1. The third-order valence-corrected chi connectivity index (χ3v) is 5.14. The molecule has 1 aromatic carbocycles. The van der Waals surface area contributed by atoms with Crippen LogP contribution in [0.3, 0.4) is 0 Å². The topological polar surface area (TPSA) is 58.6 Å². The van der Waals surface area contributed by atoms with Crippen LogP contribution in [0.25, 0.3) is 0 Å². The Balaban J connectivity index is 1.60. The van der Waals surface area contributed by atoms with Gasteiger partial charge in [-0.2, -0.15) is 0 Å². The van der Waals surface area contributed by atoms with E-state index in [0.29, 0.717) is 0 Å². The molecule has 0 spiro atoms. The first-order valence-electron chi connectivity index (χ1n) is 8.28. The van der Waals surface area contributed by atoms with Gasteiger partial charge in [-0.05, 0) is 36.8 Å². The van der Waals surface area contributed by atoms with Crippen molar-refractivity contribution >= 4 is 5.91 Å². The Labute approximate surface area is 131 Å². The first kappa shape index (κ1) is 15.3. The number of aliphatic hydroxyl groups is 1. The summed E-state index contributed by atoms with van der Waals surface area (Å²) in [5, 5.41) is 12.6. The third-order valence-electron chi connectivity index (χ3n) is 5.14. The summed E-state index contributed by atoms with van der Waals surface area (Å²) >= 11 is 0. The van der Waals surface area contributed by atoms with Gasteiger partial charge in [-0.15, -0.1) is 0 Å². The third kappa shape index (κ3) is 3.12. The van der Waals surface area contributed by atoms with E-state index in [0.717, 1.165) is 43.4 Å². The number of rotatable bonds is 5. The van der Waals surface area contributed by atoms with Gasteiger partial charge in [-0.1, -0.05) is 31.0 Å². The van der Waals surface area contributed by atoms with Crippen LogP contribution in [0.4, 0.5) is 0 Å². The van der Waals surface area contributed by atoms with E-state index in [-0.39, 0.29) is 36.3 Å². The maximum Gasteiger partial charge on any atom is 0.223 e. The van der Waals surface area contributed by atoms with Gasteiger partial charge in [-0.3, -0.25) is 4.79 Å². The maximum atomic E-state index is 12.5. The summed E-state index contributed by atoms with van der Waals surface area (Å²) in [7, 11) is 1.67. The minimum Gasteiger partial charge on any atom is -0.496 e. The van der Waals surface area contributed by atoms with Crippen LogP contribution in [0, 0.1) is 11.8 Å². The average Bonchev–Trinajstić information content (AvgIpc) is 3.36. The number of ether oxygens (including phenoxy) is 1. The monoisotopic (exact) mass is 303 g/mol. The van der Waals surface area contributed by atoms with E-state index in [2.05, 4.69) is 5.32 Å². The second kappa shape index (κ2) is 6.69. The fraction of sp³-hybridized carbons (Fsp3) is 0.611. The van der Waals surface area contributed by atoms with E-state index in [1.807, 2.05) is 24.3 Å². The molecule has 2 N–H and O–H groups in total. The molecule has 0 saturated heterocycles. The summed E-state index contributed by atoms with van der Waals surface area (Å²) in [6.07, 6.45) is 5.20. The minimum atomic E-state index is 0.0533. The largest absolute Gasteiger partial charge is 0.496 e. The van der Waals surface area contributed by atoms with Crippen molar-refractivity contribution in [2.24, 2.45) is 11.8 Å². The Morgan fingerprint density at radius 1 is 1.32 bits per heavy atom. The van der Waals surface area contributed by atoms with Crippen molar-refractivity contribution < 1.29 is 14.6 Å². The molecule has 2 aliphatic rings. The second-order valence-corrected chi connectivity index (χ2v) is 6.53. The summed E-state index contributed by atoms with van der Waals surface area (Å²) in [6, 6.07) is 8.09. The molecule has 2 saturated carbocycles. The van der Waals surface area contributed by atoms with Crippen molar-refractivity contribution in [3.8, 4) is 5.75 Å². The van der Waals surface area contributed by atoms with Gasteiger partial charge in [0.1, 0.15) is 5.75 Å². The average molecular weight is 303 g/mol. The summed E-state index contributed by atoms with van der Waals surface area (Å²) < 4.78 is 5.39. The molecule has 1 amide bonds. The van der Waals surface area contributed by atoms with Crippen LogP contribution in [0.2, 0.25) is 0 Å². The standard InChI is InChI=1S/C18H25NO3/c1-22-17-9-5-3-7-13(17)14-10-15(14)18(21)19-16-8-4-2-6-12(16)11-20/h3,5,7,9,12,14-16,20H,2,4,6,8,10-11H2,1H3,(H,19,21). The van der Waals surface area contributed by atoms with Gasteiger partial charge in [0.05, 0.1) is 7.11 Å². The summed E-state index contributed by atoms with van der Waals surface area (Å²) in [5.41, 5.74) is 1.13. The molecule has 4 atom stereocenters. The number of para-hydroxylation sites is 1. The van der Waals surface area contributed by atoms with Crippen molar-refractivity contribution in [1.29, 1.82) is 0 Å². The van der Waals surface area contributed by atoms with Gasteiger partial charge in [0.15, 0.2) is 0 Å². The molecule has 4 nitrogen and oxygen atoms in total. The summed E-state index contributed by atoms with van der Waals surface area (Å²) in [4.78, 5) is 12.5. The lowest BCUT2D eigenvalue weighted by molar-refractivity contribution is -0.123. The molecule has 1 aromatic rings. The number of aliphatic hydroxyl groups excluding tert-OH is 1. The SMILES string of the molecule is COc1ccccc1C1CC1C(=O)NC1CCCCC1CO. The first-order valence-corrected chi connectivity index (χ1v) is 8.28. The number of hydrogen-bond acceptors (Lipinski definition) is 3. The van der Waals surface area contributed by atoms with Crippen molar-refractivity contribution in [3.05, 3.63) is 29.8 Å². The van der Waals surface area contributed by atoms with Gasteiger partial charge in [0.2, 0.25) is 5.91 Å². The Bertz CT molecular complexity index is 531. The summed E-state index contributed by atoms with van der Waals surface area (Å²) in [5.74, 6) is 1.56. The van der Waals surface area contributed by atoms with E-state index < -0.39 is 0 Å². The molecule has 0 heterocycles. The fourth-order valence-corrected chi connectivity index (χ4v) is 3.71. The number of nitrogens with one attached hydrogen (secondary N) is 1. The molecule has 0 aliphatic heterocycles. The van der Waals surface area contributed by atoms with Crippen molar-refractivity contribution in [1.82, 2.24) is 5.32 Å². The molecule has 120 valence electrons. The maximum absolute atomic E-state index is 12.5. The van der Waals surface area contributed by atoms with Crippen LogP contribution >= 0.6 is 0 Å². The number of amides is 1. The van der Waals surface area contributed by atoms with E-state index in [9.17, 15) is 9.90 Å². The van der Waals surface area contributed by atoms with Crippen molar-refractivity contribution in [3.63, 3.8) is 0 Å². The molecule has 4 heteroatoms. The summed E-state index contributed by atoms with van der Waals surface area (Å²) in [6.45, 7) is 0.172. The quantitative estimate of drug-likeness (QED) is 0.878. The Morgan fingerprint density at radius 2 is 2.09 bits per heavy atom. The van der Waals surface area contributed by atoms with E-state index >= 15 is 0 Å². The highest BCUT2D eigenvalue weighted by Gasteiger charge is 2.46. The smallest absolute Gasteiger partial charge is 0.223 e. The zero-order valence-corrected chi connectivity index (χ0v) is 13.1. The Morgan fingerprint density at radius 3 is 2.86 bits per heavy atom. The highest BCUT2D eigenvalue weighted by Crippen LogP contribution is 2.50. The molecule has 0 aromatic heterocycles. The zero-order chi connectivity index (χ0) is 15.5. The lowest BCUT2D eigenvalue weighted by Crippen LogP contribution is -2.44. The second-order valence-electron chi connectivity index (χ2n) is 6.53. The van der Waals surface area contributed by atoms with Gasteiger partial charge in [0, 0.05) is 24.5 Å². The van der Waals surface area contributed by atoms with Crippen molar-refractivity contribution in [2.75, 3.05) is 13.7 Å². The minimum absolute atomic E-state index is 0.0533. The fourth-order valence-electron chi connectivity index (χ4n) is 3.71. The Kier molecular flexibility index (Phi) is 4.67. The molecule has 2 fully saturated rings. The van der Waals surface area contributed by atoms with Crippen LogP contribution < -0.4 is 10.1 Å². The lowest BCUT2D eigenvalue weighted by atomic mass is 9.85. The number of carbonyl (C=O) groups excluding carboxylic acids is 1. The Hall–Kier alpha value is -1.55. The highest BCUT2D eigenvalue weighted by molar-refractivity contribution is 5.83. The highest BCUT2D eigenvalue weighted by atomic mass is 16.5. The van der Waals surface area contributed by atoms with E-state index in [1.165, 1.54) is 0 Å². The van der Waals surface area contributed by atoms with Gasteiger partial charge < -0.3 is 15.2 Å². The number of methoxy groups -OCH3 is 1. The van der Waals surface area contributed by atoms with Gasteiger partial charge in [-0.25, -0.2) is 0 Å². The van der Waals surface area contributed by atoms with Crippen LogP contribution in [-0.2, 0) is 4.79 Å². The molecule has 4 unspecified atom stereocenters. The lowest BCUT2D eigenvalue weighted by Gasteiger charge is -2.31. The first-order chi connectivity index (χ1) is 10.7. The molecule has 0 radical (unpaired) electrons. The van der Waals surface area contributed by atoms with Crippen LogP contribution in [0.1, 0.15) is 43.6 Å². The molecular formula is C18H25NO3. The number of carbonyl (C=O) groups is 1. The molecule has 0 bridgehead atoms. The van der Waals surface area contributed by atoms with Crippen LogP contribution in [0.5, 0.6) is 5.75 Å². The molecule has 2 aliphatic carbocycles. The number of hydrogen-bond donors (Lipinski definition) is 2. The van der Waals surface area contributed by atoms with Gasteiger partial charge in [0.25, 0.3) is 0 Å². The van der Waals surface area contributed by atoms with E-state index in [1.54, 1.807) is 7.11 Å². The molecular weight excluding hydrogens is 278 g/mol. The predicted molar refractivity (Wildman–Crippen MR) is 84.8 cm³/mol. The van der Waals surface area contributed by atoms with Crippen LogP contribution in [-0.4, -0.2) is 30.8 Å². The van der Waals surface area contributed by atoms with Crippen molar-refractivity contribution in [2.45, 2.75) is 44.1 Å². The van der Waals surface area contributed by atoms with Gasteiger partial charge >= 0.3 is 0 Å².